The van der Waals surface area contributed by atoms with Crippen LogP contribution in [0, 0.1) is 10.8 Å². The fourth-order valence-electron chi connectivity index (χ4n) is 16.5. The van der Waals surface area contributed by atoms with E-state index in [0.717, 1.165) is 96.0 Å². The number of anilines is 6. The van der Waals surface area contributed by atoms with Gasteiger partial charge in [0.1, 0.15) is 11.5 Å². The van der Waals surface area contributed by atoms with Crippen LogP contribution in [0.5, 0.6) is 11.5 Å². The highest BCUT2D eigenvalue weighted by Gasteiger charge is 2.49. The first kappa shape index (κ1) is 61.1. The summed E-state index contributed by atoms with van der Waals surface area (Å²) in [5.41, 5.74) is 22.2. The lowest BCUT2D eigenvalue weighted by molar-refractivity contribution is -0.133. The van der Waals surface area contributed by atoms with Crippen LogP contribution in [0.3, 0.4) is 0 Å². The zero-order valence-corrected chi connectivity index (χ0v) is 56.4. The number of para-hydroxylation sites is 2. The van der Waals surface area contributed by atoms with Gasteiger partial charge in [-0.1, -0.05) is 232 Å². The SMILES string of the molecule is CCC1(COc2ccc(C3(c4ccc5ccccc5c4)c4ccccc4-c4ccc(N(c5ccccc5)c5ccc(-c6ccc(N(c7ccccc7)c7ccc8c(c7)[C@](c7ccc(OCC9(CC)COC9)cc7)(c7ccc9ccccc9c7)c7ccccc7-8)cc6)cc5)cc43)cc2)COC1. The Hall–Kier alpha value is -11.3. The van der Waals surface area contributed by atoms with E-state index in [2.05, 4.69) is 351 Å². The van der Waals surface area contributed by atoms with Gasteiger partial charge in [0.2, 0.25) is 0 Å². The highest BCUT2D eigenvalue weighted by Crippen LogP contribution is 2.60. The molecule has 2 heterocycles. The van der Waals surface area contributed by atoms with Gasteiger partial charge in [-0.3, -0.25) is 0 Å². The standard InChI is InChI=1S/C94H76N2O4/c1-3-91(59-97-60-91)63-99-81-49-39-71(40-50-81)93(73-37-31-65-19-11-13-21-69(65)55-73)87-29-17-15-27-83(87)85-53-47-79(57-89(85)93)95(75-23-7-5-8-24-75)77-43-33-67(34-44-77)68-35-45-78(46-36-68)96(76-25-9-6-10-26-76)80-48-54-86-84-28-16-18-30-88(84)94(90(86)58-80,74-38-32-66-20-12-14-22-70(66)56-74)72-41-51-82(52-42-72)100-64-92(4-2)61-98-62-92/h5-58H,3-4,59-64H2,1-2H3/t93-,94?/m1/s1. The highest BCUT2D eigenvalue weighted by atomic mass is 16.5. The second-order valence-electron chi connectivity index (χ2n) is 27.9. The molecule has 0 radical (unpaired) electrons. The van der Waals surface area contributed by atoms with E-state index in [1.807, 2.05) is 0 Å². The average Bonchev–Trinajstić information content (AvgIpc) is 1.54. The predicted octanol–water partition coefficient (Wildman–Crippen LogP) is 22.9. The average molecular weight is 1300 g/mol. The van der Waals surface area contributed by atoms with Crippen molar-refractivity contribution in [2.24, 2.45) is 10.8 Å². The maximum atomic E-state index is 6.57. The molecular weight excluding hydrogens is 1220 g/mol. The van der Waals surface area contributed by atoms with Crippen molar-refractivity contribution in [3.05, 3.63) is 372 Å². The molecule has 486 valence electrons. The van der Waals surface area contributed by atoms with Crippen LogP contribution in [0.25, 0.3) is 54.9 Å². The summed E-state index contributed by atoms with van der Waals surface area (Å²) < 4.78 is 24.5. The maximum Gasteiger partial charge on any atom is 0.119 e. The molecule has 2 aliphatic carbocycles. The van der Waals surface area contributed by atoms with E-state index in [1.165, 1.54) is 88.3 Å². The predicted molar refractivity (Wildman–Crippen MR) is 409 cm³/mol. The third-order valence-electron chi connectivity index (χ3n) is 22.3. The van der Waals surface area contributed by atoms with E-state index in [0.29, 0.717) is 13.2 Å². The third kappa shape index (κ3) is 10.1. The smallest absolute Gasteiger partial charge is 0.119 e. The first-order valence-corrected chi connectivity index (χ1v) is 35.3. The summed E-state index contributed by atoms with van der Waals surface area (Å²) in [6, 6.07) is 121. The fraction of sp³-hybridized carbons (Fsp3) is 0.149. The lowest BCUT2D eigenvalue weighted by Gasteiger charge is -2.40. The minimum atomic E-state index is -0.660. The van der Waals surface area contributed by atoms with Crippen molar-refractivity contribution < 1.29 is 18.9 Å². The minimum Gasteiger partial charge on any atom is -0.493 e. The first-order chi connectivity index (χ1) is 49.3. The van der Waals surface area contributed by atoms with Crippen molar-refractivity contribution in [2.75, 3.05) is 49.4 Å². The number of hydrogen-bond donors (Lipinski definition) is 0. The van der Waals surface area contributed by atoms with Gasteiger partial charge in [0.25, 0.3) is 0 Å². The summed E-state index contributed by atoms with van der Waals surface area (Å²) in [7, 11) is 0. The molecule has 0 bridgehead atoms. The molecule has 2 saturated heterocycles. The van der Waals surface area contributed by atoms with Crippen molar-refractivity contribution in [3.63, 3.8) is 0 Å². The third-order valence-corrected chi connectivity index (χ3v) is 22.3. The molecule has 6 nitrogen and oxygen atoms in total. The highest BCUT2D eigenvalue weighted by molar-refractivity contribution is 5.94. The number of ether oxygens (including phenoxy) is 4. The topological polar surface area (TPSA) is 43.4 Å². The molecule has 0 saturated carbocycles. The van der Waals surface area contributed by atoms with Crippen molar-refractivity contribution >= 4 is 55.7 Å². The minimum absolute atomic E-state index is 0.0693. The Balaban J connectivity index is 0.709. The number of benzene rings is 14. The first-order valence-electron chi connectivity index (χ1n) is 35.3. The summed E-state index contributed by atoms with van der Waals surface area (Å²) in [5.74, 6) is 1.74. The van der Waals surface area contributed by atoms with Gasteiger partial charge in [-0.05, 0) is 221 Å². The van der Waals surface area contributed by atoms with Crippen LogP contribution in [0.15, 0.2) is 328 Å². The summed E-state index contributed by atoms with van der Waals surface area (Å²) >= 11 is 0. The van der Waals surface area contributed by atoms with E-state index in [9.17, 15) is 0 Å². The van der Waals surface area contributed by atoms with Gasteiger partial charge in [0, 0.05) is 34.1 Å². The zero-order chi connectivity index (χ0) is 66.8. The molecule has 2 aliphatic heterocycles. The molecular formula is C94H76N2O4. The van der Waals surface area contributed by atoms with Crippen molar-refractivity contribution in [1.29, 1.82) is 0 Å². The summed E-state index contributed by atoms with van der Waals surface area (Å²) in [6.45, 7) is 8.71. The number of rotatable bonds is 19. The van der Waals surface area contributed by atoms with Gasteiger partial charge in [-0.2, -0.15) is 0 Å². The van der Waals surface area contributed by atoms with E-state index in [1.54, 1.807) is 0 Å². The molecule has 6 heteroatoms. The second-order valence-corrected chi connectivity index (χ2v) is 27.9. The molecule has 100 heavy (non-hydrogen) atoms. The lowest BCUT2D eigenvalue weighted by Crippen LogP contribution is -2.46. The summed E-state index contributed by atoms with van der Waals surface area (Å²) in [6.07, 6.45) is 2.05. The maximum absolute atomic E-state index is 6.57. The van der Waals surface area contributed by atoms with Crippen molar-refractivity contribution in [3.8, 4) is 44.9 Å². The van der Waals surface area contributed by atoms with Crippen molar-refractivity contribution in [2.45, 2.75) is 37.5 Å². The Morgan fingerprint density at radius 2 is 0.610 bits per heavy atom. The molecule has 1 unspecified atom stereocenters. The van der Waals surface area contributed by atoms with Crippen LogP contribution in [0.2, 0.25) is 0 Å². The lowest BCUT2D eigenvalue weighted by atomic mass is 9.67. The van der Waals surface area contributed by atoms with Gasteiger partial charge in [-0.25, -0.2) is 0 Å². The molecule has 2 atom stereocenters. The van der Waals surface area contributed by atoms with E-state index < -0.39 is 10.8 Å². The number of fused-ring (bicyclic) bond motifs is 8. The molecule has 0 amide bonds. The quantitative estimate of drug-likeness (QED) is 0.0804. The van der Waals surface area contributed by atoms with Gasteiger partial charge in [0.15, 0.2) is 0 Å². The van der Waals surface area contributed by atoms with E-state index in [-0.39, 0.29) is 10.8 Å². The van der Waals surface area contributed by atoms with Crippen LogP contribution >= 0.6 is 0 Å². The molecule has 0 aromatic heterocycles. The molecule has 14 aromatic carbocycles. The van der Waals surface area contributed by atoms with Gasteiger partial charge >= 0.3 is 0 Å². The molecule has 2 fully saturated rings. The normalized spacial score (nSPS) is 17.3. The molecule has 0 spiro atoms. The van der Waals surface area contributed by atoms with Crippen molar-refractivity contribution in [1.82, 2.24) is 0 Å². The van der Waals surface area contributed by atoms with Gasteiger partial charge in [0.05, 0.1) is 61.3 Å². The Kier molecular flexibility index (Phi) is 15.2. The molecule has 4 aliphatic rings. The van der Waals surface area contributed by atoms with Crippen LogP contribution in [0.1, 0.15) is 71.2 Å². The van der Waals surface area contributed by atoms with Crippen LogP contribution in [0.4, 0.5) is 34.1 Å². The number of nitrogens with zero attached hydrogens (tertiary/aromatic N) is 2. The van der Waals surface area contributed by atoms with Gasteiger partial charge < -0.3 is 28.7 Å². The largest absolute Gasteiger partial charge is 0.493 e. The second kappa shape index (κ2) is 24.9. The monoisotopic (exact) mass is 1300 g/mol. The van der Waals surface area contributed by atoms with Crippen LogP contribution < -0.4 is 19.3 Å². The Morgan fingerprint density at radius 3 is 0.990 bits per heavy atom. The summed E-state index contributed by atoms with van der Waals surface area (Å²) in [5, 5.41) is 4.84. The summed E-state index contributed by atoms with van der Waals surface area (Å²) in [4.78, 5) is 4.82. The van der Waals surface area contributed by atoms with Gasteiger partial charge in [-0.15, -0.1) is 0 Å². The molecule has 14 aromatic rings. The Labute approximate surface area is 585 Å². The molecule has 0 N–H and O–H groups in total. The van der Waals surface area contributed by atoms with Crippen LogP contribution in [-0.2, 0) is 20.3 Å². The van der Waals surface area contributed by atoms with E-state index in [4.69, 9.17) is 18.9 Å². The number of hydrogen-bond acceptors (Lipinski definition) is 6. The molecule has 18 rings (SSSR count). The van der Waals surface area contributed by atoms with Crippen LogP contribution in [-0.4, -0.2) is 39.6 Å². The Morgan fingerprint density at radius 1 is 0.280 bits per heavy atom. The Bertz CT molecular complexity index is 5010. The fourth-order valence-corrected chi connectivity index (χ4v) is 16.5. The van der Waals surface area contributed by atoms with E-state index >= 15 is 0 Å². The zero-order valence-electron chi connectivity index (χ0n) is 56.4.